The van der Waals surface area contributed by atoms with Crippen molar-refractivity contribution in [2.24, 2.45) is 17.0 Å². The van der Waals surface area contributed by atoms with Gasteiger partial charge in [0.15, 0.2) is 11.4 Å². The summed E-state index contributed by atoms with van der Waals surface area (Å²) >= 11 is 6.67. The molecular weight excluding hydrogens is 1130 g/mol. The molecule has 0 spiro atoms. The molecule has 16 heteroatoms. The summed E-state index contributed by atoms with van der Waals surface area (Å²) in [5.74, 6) is 0. The standard InChI is InChI=1S/7C8H7N.C5H8N2.2C4H6N2.C2H6.HPS.H2S/c3*1-2-4-8-7(3-1)5-6-9-8;2*1-7-5-3-4-6-8(7)9-2;1-7-3-2-4-8(5-7)6-9;1-7-4-2-3-5-8(7)6-9;1-5-3-6-4-7(5)2;2*1-4-2-5-3-6-4;2*1-2;/h2*1-4,6H,5H2;1-6,9H;2*3-6H,1H3;2*2-5H,1H3;3-4H,1-2H3;2*2-3H,1H3,(H,5,6);1-2H3;1H;1H2/p+1/i/hD. The van der Waals surface area contributed by atoms with E-state index in [4.69, 9.17) is 24.8 Å². The largest absolute Gasteiger partial charge is 0.361 e. The molecular formula is C71H79N13PS2+. The van der Waals surface area contributed by atoms with E-state index in [9.17, 15) is 0 Å². The van der Waals surface area contributed by atoms with Crippen molar-refractivity contribution in [3.63, 3.8) is 0 Å². The van der Waals surface area contributed by atoms with Gasteiger partial charge in [0, 0.05) is 67.7 Å². The van der Waals surface area contributed by atoms with E-state index < -0.39 is 0 Å². The number of imidazole rings is 3. The van der Waals surface area contributed by atoms with Crippen molar-refractivity contribution in [1.82, 2.24) is 29.9 Å². The summed E-state index contributed by atoms with van der Waals surface area (Å²) in [6.07, 6.45) is 18.6. The molecule has 0 atom stereocenters. The number of aryl methyl sites for hydroxylation is 8. The second-order valence-electron chi connectivity index (χ2n) is 18.2. The highest BCUT2D eigenvalue weighted by atomic mass is 32.4. The molecule has 0 saturated heterocycles. The quantitative estimate of drug-likeness (QED) is 0.0671. The van der Waals surface area contributed by atoms with Gasteiger partial charge in [-0.25, -0.2) is 29.2 Å². The molecule has 6 heterocycles. The molecule has 7 aromatic carbocycles. The summed E-state index contributed by atoms with van der Waals surface area (Å²) in [6, 6.07) is 61.1. The van der Waals surface area contributed by atoms with Gasteiger partial charge in [0.05, 0.1) is 68.6 Å². The molecule has 0 amide bonds. The fourth-order valence-electron chi connectivity index (χ4n) is 7.01. The van der Waals surface area contributed by atoms with E-state index in [2.05, 4.69) is 132 Å². The molecule has 4 aromatic heterocycles. The zero-order valence-electron chi connectivity index (χ0n) is 52.2. The van der Waals surface area contributed by atoms with Crippen LogP contribution in [-0.4, -0.2) is 43.5 Å². The molecule has 13 rings (SSSR count). The third-order valence-electron chi connectivity index (χ3n) is 11.8. The van der Waals surface area contributed by atoms with E-state index in [1.54, 1.807) is 31.1 Å². The van der Waals surface area contributed by atoms with Gasteiger partial charge >= 0.3 is 0 Å². The van der Waals surface area contributed by atoms with Crippen molar-refractivity contribution in [2.45, 2.75) is 75.2 Å². The molecule has 444 valence electrons. The van der Waals surface area contributed by atoms with E-state index in [1.165, 1.54) is 27.7 Å². The molecule has 2 aliphatic heterocycles. The van der Waals surface area contributed by atoms with Gasteiger partial charge in [-0.3, -0.25) is 9.98 Å². The summed E-state index contributed by atoms with van der Waals surface area (Å²) in [5, 5.41) is 18.2. The smallest absolute Gasteiger partial charge is 0.241 e. The van der Waals surface area contributed by atoms with Crippen molar-refractivity contribution < 1.29 is 4.57 Å². The van der Waals surface area contributed by atoms with Crippen LogP contribution < -0.4 is 4.57 Å². The molecule has 0 radical (unpaired) electrons. The van der Waals surface area contributed by atoms with E-state index >= 15 is 0 Å². The van der Waals surface area contributed by atoms with Gasteiger partial charge in [0.25, 0.3) is 0 Å². The summed E-state index contributed by atoms with van der Waals surface area (Å²) < 4.78 is 7.47. The molecule has 0 unspecified atom stereocenters. The highest BCUT2D eigenvalue weighted by Crippen LogP contribution is 2.23. The Labute approximate surface area is 530 Å². The van der Waals surface area contributed by atoms with Crippen LogP contribution >= 0.6 is 21.4 Å². The van der Waals surface area contributed by atoms with E-state index in [0.29, 0.717) is 0 Å². The molecule has 0 aliphatic carbocycles. The minimum absolute atomic E-state index is 0.731. The van der Waals surface area contributed by atoms with Crippen molar-refractivity contribution in [1.29, 1.82) is 11.6 Å². The third kappa shape index (κ3) is 30.8. The number of H-pyrrole nitrogens is 4. The van der Waals surface area contributed by atoms with Crippen LogP contribution in [0.3, 0.4) is 0 Å². The molecule has 2 aliphatic rings. The van der Waals surface area contributed by atoms with Gasteiger partial charge in [0.1, 0.15) is 11.9 Å². The van der Waals surface area contributed by atoms with Crippen LogP contribution in [-0.2, 0) is 31.7 Å². The molecule has 0 fully saturated rings. The molecule has 11 aromatic rings. The van der Waals surface area contributed by atoms with Crippen LogP contribution in [0.15, 0.2) is 230 Å². The lowest BCUT2D eigenvalue weighted by Crippen LogP contribution is -2.27. The van der Waals surface area contributed by atoms with Crippen molar-refractivity contribution in [3.8, 4) is 12.1 Å². The number of hydrogen-bond donors (Lipinski definition) is 4. The number of aromatic amines is 4. The van der Waals surface area contributed by atoms with E-state index in [-0.39, 0.29) is 0 Å². The Morgan fingerprint density at radius 2 is 1.05 bits per heavy atom. The van der Waals surface area contributed by atoms with Crippen LogP contribution in [0.25, 0.3) is 20.6 Å². The Balaban J connectivity index is 0.000000485. The maximum Gasteiger partial charge on any atom is 0.241 e. The second kappa shape index (κ2) is 46.3. The molecule has 13 nitrogen and oxygen atoms in total. The molecule has 0 bridgehead atoms. The van der Waals surface area contributed by atoms with Crippen LogP contribution in [0, 0.1) is 84.3 Å². The van der Waals surface area contributed by atoms with Gasteiger partial charge in [-0.15, -0.1) is 0 Å². The first-order valence-corrected chi connectivity index (χ1v) is 29.1. The zero-order chi connectivity index (χ0) is 65.2. The van der Waals surface area contributed by atoms with Crippen molar-refractivity contribution in [3.05, 3.63) is 304 Å². The normalized spacial score (nSPS) is 9.57. The number of rotatable bonds is 0. The highest BCUT2D eigenvalue weighted by Gasteiger charge is 2.03. The lowest BCUT2D eigenvalue weighted by molar-refractivity contribution is -0.676. The fourth-order valence-corrected chi connectivity index (χ4v) is 7.01. The van der Waals surface area contributed by atoms with Gasteiger partial charge in [0.2, 0.25) is 6.33 Å². The topological polar surface area (TPSA) is 174 Å². The maximum atomic E-state index is 8.47. The summed E-state index contributed by atoms with van der Waals surface area (Å²) in [4.78, 5) is 34.4. The van der Waals surface area contributed by atoms with Gasteiger partial charge in [-0.1, -0.05) is 159 Å². The minimum atomic E-state index is 0.731. The van der Waals surface area contributed by atoms with Crippen molar-refractivity contribution in [2.75, 3.05) is 0 Å². The van der Waals surface area contributed by atoms with Gasteiger partial charge < -0.3 is 15.0 Å². The van der Waals surface area contributed by atoms with Crippen LogP contribution in [0.2, 0.25) is 0 Å². The first-order valence-electron chi connectivity index (χ1n) is 27.9. The predicted molar refractivity (Wildman–Crippen MR) is 372 cm³/mol. The monoisotopic (exact) mass is 1210 g/mol. The SMILES string of the molecule is C1=Nc2ccccc2C1.C1=Nc2ccccc2C1.CC.Cc1c[nH]c[n+]1C.Cc1cccc(C#N)c1.Cc1ccccc1C#N.Cc1cnc[nH]1.Cc1cnc[nH]1.P=S.[2H]S.[C-]#[N+]c1ccccc1C.[C-]#[N+]c1ccccc1C.c1ccc2[nH]ccc2c1. The number of para-hydroxylation sites is 5. The van der Waals surface area contributed by atoms with E-state index in [0.717, 1.165) is 80.4 Å². The number of nitrogens with one attached hydrogen (secondary N) is 4. The Morgan fingerprint density at radius 3 is 1.38 bits per heavy atom. The molecule has 4 N–H and O–H groups in total. The van der Waals surface area contributed by atoms with Crippen LogP contribution in [0.4, 0.5) is 22.7 Å². The summed E-state index contributed by atoms with van der Waals surface area (Å²) in [7, 11) is 4.56. The first kappa shape index (κ1) is 73.0. The van der Waals surface area contributed by atoms with E-state index in [1.807, 2.05) is 238 Å². The number of aromatic nitrogens is 7. The average molecular weight is 1210 g/mol. The third-order valence-corrected chi connectivity index (χ3v) is 11.8. The lowest BCUT2D eigenvalue weighted by atomic mass is 10.1. The maximum absolute atomic E-state index is 8.47. The highest BCUT2D eigenvalue weighted by molar-refractivity contribution is 7.88. The zero-order valence-corrected chi connectivity index (χ0v) is 53.9. The fraction of sp³-hybridized carbons (Fsp3) is 0.169. The van der Waals surface area contributed by atoms with Crippen LogP contribution in [0.5, 0.6) is 0 Å². The Morgan fingerprint density at radius 1 is 0.575 bits per heavy atom. The number of aliphatic imine (C=N–C) groups is 2. The number of fused-ring (bicyclic) bond motifs is 3. The first-order chi connectivity index (χ1) is 42.8. The van der Waals surface area contributed by atoms with Crippen LogP contribution in [0.1, 0.15) is 75.4 Å². The molecule has 87 heavy (non-hydrogen) atoms. The molecule has 0 saturated carbocycles. The number of nitrogens with zero attached hydrogens (tertiary/aromatic N) is 9. The van der Waals surface area contributed by atoms with Crippen molar-refractivity contribution >= 4 is 79.3 Å². The number of hydrogen-bond acceptors (Lipinski definition) is 7. The lowest BCUT2D eigenvalue weighted by Gasteiger charge is -1.91. The van der Waals surface area contributed by atoms with Gasteiger partial charge in [-0.05, 0) is 131 Å². The second-order valence-corrected chi connectivity index (χ2v) is 18.2. The minimum Gasteiger partial charge on any atom is -0.361 e. The Kier molecular flexibility index (Phi) is 38.8. The van der Waals surface area contributed by atoms with Gasteiger partial charge in [-0.2, -0.15) is 23.9 Å². The number of nitriles is 2. The number of benzene rings is 7. The predicted octanol–water partition coefficient (Wildman–Crippen LogP) is 18.2. The average Bonchev–Trinajstić information content (AvgIpc) is 4.62. The summed E-state index contributed by atoms with van der Waals surface area (Å²) in [5.41, 5.74) is 16.9. The Bertz CT molecular complexity index is 3580. The Hall–Kier alpha value is -10.1. The summed E-state index contributed by atoms with van der Waals surface area (Å²) in [6.45, 7) is 31.2.